The molecule has 1 atom stereocenters. The Hall–Kier alpha value is -0.650. The molecule has 1 unspecified atom stereocenters. The van der Waals surface area contributed by atoms with Crippen molar-refractivity contribution in [2.24, 2.45) is 0 Å². The second kappa shape index (κ2) is 6.05. The second-order valence-electron chi connectivity index (χ2n) is 3.00. The zero-order valence-electron chi connectivity index (χ0n) is 8.24. The van der Waals surface area contributed by atoms with Gasteiger partial charge in [-0.05, 0) is 24.4 Å². The molecule has 0 bridgehead atoms. The Morgan fingerprint density at radius 1 is 1.40 bits per heavy atom. The van der Waals surface area contributed by atoms with Crippen molar-refractivity contribution in [2.75, 3.05) is 11.9 Å². The van der Waals surface area contributed by atoms with E-state index in [1.165, 1.54) is 0 Å². The van der Waals surface area contributed by atoms with E-state index < -0.39 is 0 Å². The lowest BCUT2D eigenvalue weighted by Gasteiger charge is -2.09. The molecule has 15 heavy (non-hydrogen) atoms. The van der Waals surface area contributed by atoms with Gasteiger partial charge in [0.1, 0.15) is 0 Å². The Labute approximate surface area is 97.8 Å². The summed E-state index contributed by atoms with van der Waals surface area (Å²) in [7, 11) is 0. The third-order valence-corrected chi connectivity index (χ3v) is 2.28. The Morgan fingerprint density at radius 3 is 2.80 bits per heavy atom. The number of rotatable bonds is 5. The summed E-state index contributed by atoms with van der Waals surface area (Å²) < 4.78 is 0. The molecule has 0 aliphatic carbocycles. The molecule has 0 spiro atoms. The van der Waals surface area contributed by atoms with Crippen LogP contribution in [0.1, 0.15) is 19.8 Å². The number of aliphatic hydroxyl groups is 1. The number of nitrogens with zero attached hydrogens (tertiary/aromatic N) is 3. The van der Waals surface area contributed by atoms with Crippen LogP contribution in [0.4, 0.5) is 5.82 Å². The van der Waals surface area contributed by atoms with Crippen LogP contribution >= 0.6 is 23.2 Å². The van der Waals surface area contributed by atoms with Gasteiger partial charge in [0.15, 0.2) is 11.0 Å². The quantitative estimate of drug-likeness (QED) is 0.834. The zero-order chi connectivity index (χ0) is 11.3. The van der Waals surface area contributed by atoms with Crippen LogP contribution in [0.25, 0.3) is 0 Å². The zero-order valence-corrected chi connectivity index (χ0v) is 9.76. The number of aromatic nitrogens is 3. The van der Waals surface area contributed by atoms with Crippen molar-refractivity contribution in [1.82, 2.24) is 15.2 Å². The minimum absolute atomic E-state index is 0.0398. The van der Waals surface area contributed by atoms with Crippen LogP contribution in [0.5, 0.6) is 0 Å². The van der Waals surface area contributed by atoms with Gasteiger partial charge in [-0.2, -0.15) is 4.98 Å². The van der Waals surface area contributed by atoms with Gasteiger partial charge in [-0.1, -0.05) is 18.5 Å². The maximum atomic E-state index is 9.31. The summed E-state index contributed by atoms with van der Waals surface area (Å²) in [5.41, 5.74) is 0. The monoisotopic (exact) mass is 250 g/mol. The molecule has 1 aromatic heterocycles. The minimum atomic E-state index is -0.318. The molecule has 0 amide bonds. The fourth-order valence-corrected chi connectivity index (χ4v) is 1.24. The van der Waals surface area contributed by atoms with E-state index in [0.717, 1.165) is 6.42 Å². The number of nitrogens with one attached hydrogen (secondary N) is 1. The van der Waals surface area contributed by atoms with Gasteiger partial charge in [-0.3, -0.25) is 0 Å². The molecule has 1 heterocycles. The molecule has 0 saturated heterocycles. The number of hydrogen-bond acceptors (Lipinski definition) is 5. The first-order valence-electron chi connectivity index (χ1n) is 4.61. The first-order chi connectivity index (χ1) is 7.13. The number of anilines is 1. The van der Waals surface area contributed by atoms with E-state index in [2.05, 4.69) is 20.5 Å². The largest absolute Gasteiger partial charge is 0.393 e. The summed E-state index contributed by atoms with van der Waals surface area (Å²) in [6.45, 7) is 2.48. The highest BCUT2D eigenvalue weighted by atomic mass is 35.5. The normalized spacial score (nSPS) is 12.5. The summed E-state index contributed by atoms with van der Waals surface area (Å²) in [5.74, 6) is 0.389. The molecule has 0 radical (unpaired) electrons. The maximum absolute atomic E-state index is 9.31. The lowest BCUT2D eigenvalue weighted by molar-refractivity contribution is 0.164. The lowest BCUT2D eigenvalue weighted by Crippen LogP contribution is -2.13. The molecule has 84 valence electrons. The highest BCUT2D eigenvalue weighted by Gasteiger charge is 2.06. The smallest absolute Gasteiger partial charge is 0.245 e. The van der Waals surface area contributed by atoms with Gasteiger partial charge in [-0.15, -0.1) is 10.2 Å². The topological polar surface area (TPSA) is 70.9 Å². The van der Waals surface area contributed by atoms with Crippen LogP contribution in [0.3, 0.4) is 0 Å². The predicted molar refractivity (Wildman–Crippen MR) is 59.3 cm³/mol. The Kier molecular flexibility index (Phi) is 5.01. The molecule has 0 aromatic carbocycles. The van der Waals surface area contributed by atoms with Gasteiger partial charge in [0.2, 0.25) is 5.28 Å². The SMILES string of the molecule is CCC(O)CCNc1nc(Cl)nnc1Cl. The predicted octanol–water partition coefficient (Wildman–Crippen LogP) is 1.75. The molecule has 1 rings (SSSR count). The fourth-order valence-electron chi connectivity index (χ4n) is 0.967. The third-order valence-electron chi connectivity index (χ3n) is 1.86. The maximum Gasteiger partial charge on any atom is 0.245 e. The van der Waals surface area contributed by atoms with Crippen molar-refractivity contribution in [2.45, 2.75) is 25.9 Å². The summed E-state index contributed by atoms with van der Waals surface area (Å²) in [6, 6.07) is 0. The van der Waals surface area contributed by atoms with Crippen molar-refractivity contribution >= 4 is 29.0 Å². The van der Waals surface area contributed by atoms with Gasteiger partial charge in [0.25, 0.3) is 0 Å². The van der Waals surface area contributed by atoms with Crippen LogP contribution < -0.4 is 5.32 Å². The molecule has 0 saturated carbocycles. The summed E-state index contributed by atoms with van der Waals surface area (Å²) in [6.07, 6.45) is 1.02. The first-order valence-corrected chi connectivity index (χ1v) is 5.36. The van der Waals surface area contributed by atoms with Crippen molar-refractivity contribution < 1.29 is 5.11 Å². The molecule has 1 aromatic rings. The van der Waals surface area contributed by atoms with E-state index in [-0.39, 0.29) is 16.5 Å². The summed E-state index contributed by atoms with van der Waals surface area (Å²) >= 11 is 11.3. The standard InChI is InChI=1S/C8H12Cl2N4O/c1-2-5(15)3-4-11-7-6(9)13-14-8(10)12-7/h5,15H,2-4H2,1H3,(H,11,12,14). The number of aliphatic hydroxyl groups excluding tert-OH is 1. The first kappa shape index (κ1) is 12.4. The summed E-state index contributed by atoms with van der Waals surface area (Å²) in [5, 5.41) is 19.5. The molecule has 2 N–H and O–H groups in total. The van der Waals surface area contributed by atoms with Gasteiger partial charge in [0.05, 0.1) is 6.10 Å². The average Bonchev–Trinajstić information content (AvgIpc) is 2.23. The second-order valence-corrected chi connectivity index (χ2v) is 3.69. The Morgan fingerprint density at radius 2 is 2.13 bits per heavy atom. The molecule has 0 aliphatic rings. The molecule has 0 fully saturated rings. The van der Waals surface area contributed by atoms with Crippen LogP contribution in [-0.4, -0.2) is 32.9 Å². The third kappa shape index (κ3) is 4.15. The van der Waals surface area contributed by atoms with E-state index >= 15 is 0 Å². The molecule has 0 aliphatic heterocycles. The number of hydrogen-bond donors (Lipinski definition) is 2. The highest BCUT2D eigenvalue weighted by molar-refractivity contribution is 6.32. The van der Waals surface area contributed by atoms with Crippen molar-refractivity contribution in [3.8, 4) is 0 Å². The van der Waals surface area contributed by atoms with Gasteiger partial charge < -0.3 is 10.4 Å². The minimum Gasteiger partial charge on any atom is -0.393 e. The summed E-state index contributed by atoms with van der Waals surface area (Å²) in [4.78, 5) is 3.86. The van der Waals surface area contributed by atoms with Gasteiger partial charge in [-0.25, -0.2) is 0 Å². The van der Waals surface area contributed by atoms with E-state index in [1.54, 1.807) is 0 Å². The van der Waals surface area contributed by atoms with E-state index in [1.807, 2.05) is 6.92 Å². The molecule has 7 heteroatoms. The Balaban J connectivity index is 2.46. The number of halogens is 2. The van der Waals surface area contributed by atoms with Crippen molar-refractivity contribution in [3.05, 3.63) is 10.4 Å². The van der Waals surface area contributed by atoms with Crippen LogP contribution in [-0.2, 0) is 0 Å². The van der Waals surface area contributed by atoms with Crippen molar-refractivity contribution in [1.29, 1.82) is 0 Å². The lowest BCUT2D eigenvalue weighted by atomic mass is 10.2. The molecular formula is C8H12Cl2N4O. The molecular weight excluding hydrogens is 239 g/mol. The van der Waals surface area contributed by atoms with Gasteiger partial charge >= 0.3 is 0 Å². The van der Waals surface area contributed by atoms with E-state index in [0.29, 0.717) is 18.8 Å². The van der Waals surface area contributed by atoms with E-state index in [4.69, 9.17) is 23.2 Å². The van der Waals surface area contributed by atoms with E-state index in [9.17, 15) is 5.11 Å². The highest BCUT2D eigenvalue weighted by Crippen LogP contribution is 2.16. The van der Waals surface area contributed by atoms with Crippen LogP contribution in [0.2, 0.25) is 10.4 Å². The fraction of sp³-hybridized carbons (Fsp3) is 0.625. The molecule has 5 nitrogen and oxygen atoms in total. The average molecular weight is 251 g/mol. The van der Waals surface area contributed by atoms with Crippen molar-refractivity contribution in [3.63, 3.8) is 0 Å². The van der Waals surface area contributed by atoms with Crippen LogP contribution in [0, 0.1) is 0 Å². The van der Waals surface area contributed by atoms with Crippen LogP contribution in [0.15, 0.2) is 0 Å². The Bertz CT molecular complexity index is 324. The van der Waals surface area contributed by atoms with Gasteiger partial charge in [0, 0.05) is 6.54 Å².